The quantitative estimate of drug-likeness (QED) is 0.333. The van der Waals surface area contributed by atoms with Gasteiger partial charge in [-0.05, 0) is 55.0 Å². The summed E-state index contributed by atoms with van der Waals surface area (Å²) in [4.78, 5) is 34.8. The number of carbonyl (C=O) groups excluding carboxylic acids is 2. The fourth-order valence-corrected chi connectivity index (χ4v) is 6.61. The molecule has 39 heavy (non-hydrogen) atoms. The first kappa shape index (κ1) is 27.4. The number of amides is 2. The Bertz CT molecular complexity index is 1310. The zero-order valence-corrected chi connectivity index (χ0v) is 22.7. The SMILES string of the molecule is CN(C(=O)c1csc(C2CCN(C(=O)c3ccccc3-c3ccc(C(F)(F)F)cc3)CC2)n1)C1CCCCC1. The van der Waals surface area contributed by atoms with Gasteiger partial charge in [-0.3, -0.25) is 9.59 Å². The molecule has 2 heterocycles. The van der Waals surface area contributed by atoms with Crippen molar-refractivity contribution in [2.45, 2.75) is 63.1 Å². The topological polar surface area (TPSA) is 53.5 Å². The van der Waals surface area contributed by atoms with Gasteiger partial charge in [0.25, 0.3) is 11.8 Å². The van der Waals surface area contributed by atoms with Gasteiger partial charge in [0.1, 0.15) is 5.69 Å². The van der Waals surface area contributed by atoms with Gasteiger partial charge in [-0.1, -0.05) is 49.6 Å². The Kier molecular flexibility index (Phi) is 8.07. The molecule has 1 aromatic heterocycles. The van der Waals surface area contributed by atoms with Crippen LogP contribution in [0.25, 0.3) is 11.1 Å². The third-order valence-corrected chi connectivity index (χ3v) is 9.00. The van der Waals surface area contributed by atoms with E-state index in [4.69, 9.17) is 4.98 Å². The largest absolute Gasteiger partial charge is 0.416 e. The smallest absolute Gasteiger partial charge is 0.339 e. The second-order valence-electron chi connectivity index (χ2n) is 10.5. The lowest BCUT2D eigenvalue weighted by Crippen LogP contribution is -2.38. The van der Waals surface area contributed by atoms with E-state index in [9.17, 15) is 22.8 Å². The lowest BCUT2D eigenvalue weighted by molar-refractivity contribution is -0.137. The average molecular weight is 556 g/mol. The first-order chi connectivity index (χ1) is 18.7. The number of nitrogens with zero attached hydrogens (tertiary/aromatic N) is 3. The van der Waals surface area contributed by atoms with Crippen LogP contribution >= 0.6 is 11.3 Å². The van der Waals surface area contributed by atoms with E-state index in [0.717, 1.165) is 55.7 Å². The van der Waals surface area contributed by atoms with Crippen molar-refractivity contribution in [3.63, 3.8) is 0 Å². The van der Waals surface area contributed by atoms with E-state index < -0.39 is 11.7 Å². The molecule has 1 saturated heterocycles. The van der Waals surface area contributed by atoms with Gasteiger partial charge in [0, 0.05) is 43.0 Å². The van der Waals surface area contributed by atoms with E-state index in [1.165, 1.54) is 29.9 Å². The third-order valence-electron chi connectivity index (χ3n) is 8.00. The standard InChI is InChI=1S/C30H32F3N3O2S/c1-35(23-7-3-2-4-8-23)29(38)26-19-39-27(34-26)21-15-17-36(18-16-21)28(37)25-10-6-5-9-24(25)20-11-13-22(14-12-20)30(31,32)33/h5-6,9-14,19,21,23H,2-4,7-8,15-18H2,1H3. The Morgan fingerprint density at radius 2 is 1.62 bits per heavy atom. The molecule has 0 bridgehead atoms. The van der Waals surface area contributed by atoms with Gasteiger partial charge in [0.15, 0.2) is 0 Å². The number of carbonyl (C=O) groups is 2. The second-order valence-corrected chi connectivity index (χ2v) is 11.4. The molecule has 206 valence electrons. The van der Waals surface area contributed by atoms with Crippen molar-refractivity contribution in [2.75, 3.05) is 20.1 Å². The fraction of sp³-hybridized carbons (Fsp3) is 0.433. The number of rotatable bonds is 5. The van der Waals surface area contributed by atoms with E-state index >= 15 is 0 Å². The molecule has 1 saturated carbocycles. The molecule has 2 fully saturated rings. The highest BCUT2D eigenvalue weighted by atomic mass is 32.1. The van der Waals surface area contributed by atoms with Crippen molar-refractivity contribution in [3.05, 3.63) is 75.7 Å². The van der Waals surface area contributed by atoms with Crippen LogP contribution in [0.5, 0.6) is 0 Å². The van der Waals surface area contributed by atoms with Crippen LogP contribution in [0.2, 0.25) is 0 Å². The van der Waals surface area contributed by atoms with Gasteiger partial charge >= 0.3 is 6.18 Å². The highest BCUT2D eigenvalue weighted by Gasteiger charge is 2.31. The molecule has 2 amide bonds. The van der Waals surface area contributed by atoms with Crippen molar-refractivity contribution in [3.8, 4) is 11.1 Å². The number of hydrogen-bond donors (Lipinski definition) is 0. The van der Waals surface area contributed by atoms with E-state index in [1.807, 2.05) is 17.3 Å². The molecule has 2 aromatic carbocycles. The van der Waals surface area contributed by atoms with Gasteiger partial charge in [-0.15, -0.1) is 11.3 Å². The summed E-state index contributed by atoms with van der Waals surface area (Å²) >= 11 is 1.51. The maximum atomic E-state index is 13.5. The molecular formula is C30H32F3N3O2S. The highest BCUT2D eigenvalue weighted by Crippen LogP contribution is 2.34. The Morgan fingerprint density at radius 3 is 2.28 bits per heavy atom. The van der Waals surface area contributed by atoms with Crippen LogP contribution in [0.3, 0.4) is 0 Å². The Morgan fingerprint density at radius 1 is 0.949 bits per heavy atom. The summed E-state index contributed by atoms with van der Waals surface area (Å²) in [6.07, 6.45) is 2.74. The molecule has 0 unspecified atom stereocenters. The van der Waals surface area contributed by atoms with Crippen molar-refractivity contribution in [1.29, 1.82) is 0 Å². The summed E-state index contributed by atoms with van der Waals surface area (Å²) in [7, 11) is 1.88. The van der Waals surface area contributed by atoms with E-state index in [-0.39, 0.29) is 23.8 Å². The predicted octanol–water partition coefficient (Wildman–Crippen LogP) is 7.25. The van der Waals surface area contributed by atoms with Crippen LogP contribution in [-0.4, -0.2) is 52.8 Å². The van der Waals surface area contributed by atoms with Crippen LogP contribution in [0, 0.1) is 0 Å². The lowest BCUT2D eigenvalue weighted by atomic mass is 9.94. The molecule has 9 heteroatoms. The minimum absolute atomic E-state index is 0.0168. The normalized spacial score (nSPS) is 17.3. The number of piperidine rings is 1. The fourth-order valence-electron chi connectivity index (χ4n) is 5.65. The molecule has 0 N–H and O–H groups in total. The first-order valence-electron chi connectivity index (χ1n) is 13.5. The Labute approximate surface area is 230 Å². The molecule has 1 aliphatic carbocycles. The molecular weight excluding hydrogens is 523 g/mol. The number of hydrogen-bond acceptors (Lipinski definition) is 4. The van der Waals surface area contributed by atoms with E-state index in [2.05, 4.69) is 0 Å². The molecule has 0 spiro atoms. The Hall–Kier alpha value is -3.20. The van der Waals surface area contributed by atoms with Gasteiger partial charge in [0.2, 0.25) is 0 Å². The number of aromatic nitrogens is 1. The van der Waals surface area contributed by atoms with Crippen molar-refractivity contribution < 1.29 is 22.8 Å². The van der Waals surface area contributed by atoms with Crippen molar-refractivity contribution in [1.82, 2.24) is 14.8 Å². The average Bonchev–Trinajstić information content (AvgIpc) is 3.47. The first-order valence-corrected chi connectivity index (χ1v) is 14.4. The van der Waals surface area contributed by atoms with E-state index in [1.54, 1.807) is 29.2 Å². The summed E-state index contributed by atoms with van der Waals surface area (Å²) in [6.45, 7) is 1.10. The van der Waals surface area contributed by atoms with Crippen LogP contribution < -0.4 is 0 Å². The maximum Gasteiger partial charge on any atom is 0.416 e. The van der Waals surface area contributed by atoms with E-state index in [0.29, 0.717) is 35.5 Å². The molecule has 3 aromatic rings. The van der Waals surface area contributed by atoms with Crippen LogP contribution in [0.15, 0.2) is 53.9 Å². The number of thiazole rings is 1. The van der Waals surface area contributed by atoms with Gasteiger partial charge < -0.3 is 9.80 Å². The lowest BCUT2D eigenvalue weighted by Gasteiger charge is -2.32. The number of alkyl halides is 3. The molecule has 5 rings (SSSR count). The highest BCUT2D eigenvalue weighted by molar-refractivity contribution is 7.09. The van der Waals surface area contributed by atoms with Crippen LogP contribution in [0.4, 0.5) is 13.2 Å². The minimum atomic E-state index is -4.41. The molecule has 0 radical (unpaired) electrons. The van der Waals surface area contributed by atoms with Gasteiger partial charge in [0.05, 0.1) is 10.6 Å². The summed E-state index contributed by atoms with van der Waals surface area (Å²) in [5, 5.41) is 2.79. The molecule has 0 atom stereocenters. The monoisotopic (exact) mass is 555 g/mol. The van der Waals surface area contributed by atoms with Gasteiger partial charge in [-0.2, -0.15) is 13.2 Å². The van der Waals surface area contributed by atoms with Gasteiger partial charge in [-0.25, -0.2) is 4.98 Å². The van der Waals surface area contributed by atoms with Crippen LogP contribution in [-0.2, 0) is 6.18 Å². The summed E-state index contributed by atoms with van der Waals surface area (Å²) in [6, 6.07) is 12.2. The summed E-state index contributed by atoms with van der Waals surface area (Å²) < 4.78 is 39.0. The summed E-state index contributed by atoms with van der Waals surface area (Å²) in [5.41, 5.74) is 1.45. The number of benzene rings is 2. The Balaban J connectivity index is 1.23. The van der Waals surface area contributed by atoms with Crippen molar-refractivity contribution in [2.24, 2.45) is 0 Å². The zero-order chi connectivity index (χ0) is 27.6. The zero-order valence-electron chi connectivity index (χ0n) is 21.9. The summed E-state index contributed by atoms with van der Waals surface area (Å²) in [5.74, 6) is 0.0377. The van der Waals surface area contributed by atoms with Crippen molar-refractivity contribution >= 4 is 23.2 Å². The minimum Gasteiger partial charge on any atom is -0.339 e. The second kappa shape index (κ2) is 11.5. The number of halogens is 3. The molecule has 5 nitrogen and oxygen atoms in total. The maximum absolute atomic E-state index is 13.5. The van der Waals surface area contributed by atoms with Crippen LogP contribution in [0.1, 0.15) is 82.3 Å². The molecule has 2 aliphatic rings. The predicted molar refractivity (Wildman–Crippen MR) is 146 cm³/mol. The molecule has 1 aliphatic heterocycles. The number of likely N-dealkylation sites (tertiary alicyclic amines) is 1. The third kappa shape index (κ3) is 6.03.